The van der Waals surface area contributed by atoms with E-state index in [2.05, 4.69) is 5.09 Å². The fourth-order valence-electron chi connectivity index (χ4n) is 2.49. The van der Waals surface area contributed by atoms with Crippen LogP contribution in [0.3, 0.4) is 0 Å². The molecular weight excluding hydrogens is 361 g/mol. The van der Waals surface area contributed by atoms with Crippen LogP contribution in [0.15, 0.2) is 42.5 Å². The molecule has 3 N–H and O–H groups in total. The Labute approximate surface area is 150 Å². The van der Waals surface area contributed by atoms with Gasteiger partial charge < -0.3 is 24.2 Å². The second-order valence-electron chi connectivity index (χ2n) is 5.24. The number of methoxy groups -OCH3 is 3. The van der Waals surface area contributed by atoms with E-state index in [0.29, 0.717) is 11.3 Å². The first kappa shape index (κ1) is 19.8. The van der Waals surface area contributed by atoms with Crippen LogP contribution >= 0.6 is 7.52 Å². The van der Waals surface area contributed by atoms with Gasteiger partial charge in [0.2, 0.25) is 5.75 Å². The molecule has 2 aromatic rings. The van der Waals surface area contributed by atoms with Crippen molar-refractivity contribution >= 4 is 18.8 Å². The molecule has 0 aromatic heterocycles. The summed E-state index contributed by atoms with van der Waals surface area (Å²) in [5, 5.41) is 11.7. The highest BCUT2D eigenvalue weighted by molar-refractivity contribution is 7.64. The van der Waals surface area contributed by atoms with E-state index in [0.717, 1.165) is 0 Å². The van der Waals surface area contributed by atoms with Crippen LogP contribution in [0, 0.1) is 0 Å². The number of hydrogen-bond donors (Lipinski definition) is 3. The van der Waals surface area contributed by atoms with Gasteiger partial charge in [0.15, 0.2) is 11.5 Å². The number of carbonyl (C=O) groups is 1. The van der Waals surface area contributed by atoms with Gasteiger partial charge in [0, 0.05) is 0 Å². The summed E-state index contributed by atoms with van der Waals surface area (Å²) in [5.74, 6) is -0.853. The summed E-state index contributed by atoms with van der Waals surface area (Å²) in [6.45, 7) is 0. The Morgan fingerprint density at radius 3 is 2.12 bits per heavy atom. The third kappa shape index (κ3) is 3.99. The maximum Gasteiger partial charge on any atom is 0.325 e. The third-order valence-electron chi connectivity index (χ3n) is 3.69. The van der Waals surface area contributed by atoms with E-state index in [1.54, 1.807) is 30.3 Å². The largest absolute Gasteiger partial charge is 0.493 e. The quantitative estimate of drug-likeness (QED) is 0.595. The lowest BCUT2D eigenvalue weighted by atomic mass is 10.1. The zero-order chi connectivity index (χ0) is 19.3. The van der Waals surface area contributed by atoms with Crippen molar-refractivity contribution in [3.8, 4) is 17.2 Å². The van der Waals surface area contributed by atoms with Crippen molar-refractivity contribution in [3.63, 3.8) is 0 Å². The summed E-state index contributed by atoms with van der Waals surface area (Å²) in [6, 6.07) is 9.51. The molecule has 0 bridgehead atoms. The molecule has 26 heavy (non-hydrogen) atoms. The van der Waals surface area contributed by atoms with Crippen LogP contribution in [-0.2, 0) is 9.36 Å². The first-order valence-corrected chi connectivity index (χ1v) is 9.19. The van der Waals surface area contributed by atoms with Crippen molar-refractivity contribution in [2.75, 3.05) is 21.3 Å². The highest BCUT2D eigenvalue weighted by Gasteiger charge is 2.34. The number of carboxylic acids is 1. The van der Waals surface area contributed by atoms with Crippen LogP contribution in [0.4, 0.5) is 0 Å². The van der Waals surface area contributed by atoms with Crippen LogP contribution in [-0.4, -0.2) is 37.3 Å². The second kappa shape index (κ2) is 8.23. The SMILES string of the molecule is COc1ccc(P(=O)(O)NC(C(=O)O)c2ccccc2)c(OC)c1OC. The average molecular weight is 381 g/mol. The van der Waals surface area contributed by atoms with Crippen LogP contribution in [0.25, 0.3) is 0 Å². The first-order chi connectivity index (χ1) is 12.4. The number of carboxylic acid groups (broad SMARTS) is 1. The Morgan fingerprint density at radius 1 is 1.00 bits per heavy atom. The topological polar surface area (TPSA) is 114 Å². The molecular formula is C17H20NO7P. The zero-order valence-corrected chi connectivity index (χ0v) is 15.4. The Kier molecular flexibility index (Phi) is 6.26. The number of aliphatic carboxylic acids is 1. The lowest BCUT2D eigenvalue weighted by Crippen LogP contribution is -2.30. The normalized spacial score (nSPS) is 14.2. The Balaban J connectivity index is 2.49. The first-order valence-electron chi connectivity index (χ1n) is 7.53. The number of hydrogen-bond acceptors (Lipinski definition) is 5. The highest BCUT2D eigenvalue weighted by Crippen LogP contribution is 2.46. The molecule has 2 unspecified atom stereocenters. The molecule has 0 aliphatic heterocycles. The molecule has 0 fully saturated rings. The Morgan fingerprint density at radius 2 is 1.62 bits per heavy atom. The molecule has 0 saturated heterocycles. The fraction of sp³-hybridized carbons (Fsp3) is 0.235. The van der Waals surface area contributed by atoms with Gasteiger partial charge >= 0.3 is 13.5 Å². The molecule has 0 heterocycles. The molecule has 2 rings (SSSR count). The van der Waals surface area contributed by atoms with E-state index in [1.807, 2.05) is 0 Å². The monoisotopic (exact) mass is 381 g/mol. The third-order valence-corrected chi connectivity index (χ3v) is 5.31. The van der Waals surface area contributed by atoms with Gasteiger partial charge in [-0.05, 0) is 17.7 Å². The fourth-order valence-corrected chi connectivity index (χ4v) is 3.98. The minimum Gasteiger partial charge on any atom is -0.493 e. The van der Waals surface area contributed by atoms with Crippen molar-refractivity contribution < 1.29 is 33.6 Å². The summed E-state index contributed by atoms with van der Waals surface area (Å²) in [6.07, 6.45) is 0. The smallest absolute Gasteiger partial charge is 0.325 e. The molecule has 0 amide bonds. The van der Waals surface area contributed by atoms with E-state index in [9.17, 15) is 19.4 Å². The van der Waals surface area contributed by atoms with Gasteiger partial charge in [-0.1, -0.05) is 30.3 Å². The Hall–Kier alpha value is -2.54. The number of ether oxygens (including phenoxy) is 3. The molecule has 0 aliphatic rings. The summed E-state index contributed by atoms with van der Waals surface area (Å²) in [7, 11) is -0.239. The van der Waals surface area contributed by atoms with Crippen molar-refractivity contribution in [2.45, 2.75) is 6.04 Å². The van der Waals surface area contributed by atoms with E-state index in [-0.39, 0.29) is 16.8 Å². The van der Waals surface area contributed by atoms with E-state index >= 15 is 0 Å². The number of nitrogens with one attached hydrogen (secondary N) is 1. The molecule has 9 heteroatoms. The predicted molar refractivity (Wildman–Crippen MR) is 95.5 cm³/mol. The standard InChI is InChI=1S/C17H20NO7P/c1-23-12-9-10-13(16(25-3)15(12)24-2)26(21,22)18-14(17(19)20)11-7-5-4-6-8-11/h4-10,14H,1-3H3,(H,19,20)(H2,18,21,22). The molecule has 2 aromatic carbocycles. The van der Waals surface area contributed by atoms with Gasteiger partial charge in [-0.25, -0.2) is 5.09 Å². The van der Waals surface area contributed by atoms with Gasteiger partial charge in [0.05, 0.1) is 26.6 Å². The van der Waals surface area contributed by atoms with Crippen molar-refractivity contribution in [1.29, 1.82) is 0 Å². The number of benzene rings is 2. The van der Waals surface area contributed by atoms with Gasteiger partial charge in [-0.3, -0.25) is 9.36 Å². The molecule has 0 spiro atoms. The highest BCUT2D eigenvalue weighted by atomic mass is 31.2. The predicted octanol–water partition coefficient (Wildman–Crippen LogP) is 1.94. The maximum atomic E-state index is 13.0. The molecule has 0 radical (unpaired) electrons. The molecule has 0 saturated carbocycles. The minimum absolute atomic E-state index is 0.0117. The zero-order valence-electron chi connectivity index (χ0n) is 14.5. The number of rotatable bonds is 8. The Bertz CT molecular complexity index is 825. The van der Waals surface area contributed by atoms with Gasteiger partial charge in [0.1, 0.15) is 6.04 Å². The average Bonchev–Trinajstić information content (AvgIpc) is 2.65. The van der Waals surface area contributed by atoms with Gasteiger partial charge in [-0.2, -0.15) is 0 Å². The van der Waals surface area contributed by atoms with E-state index in [4.69, 9.17) is 14.2 Å². The van der Waals surface area contributed by atoms with Crippen molar-refractivity contribution in [1.82, 2.24) is 5.09 Å². The lowest BCUT2D eigenvalue weighted by Gasteiger charge is -2.22. The summed E-state index contributed by atoms with van der Waals surface area (Å²) >= 11 is 0. The summed E-state index contributed by atoms with van der Waals surface area (Å²) in [4.78, 5) is 22.2. The van der Waals surface area contributed by atoms with E-state index in [1.165, 1.54) is 33.5 Å². The molecule has 2 atom stereocenters. The molecule has 0 aliphatic carbocycles. The summed E-state index contributed by atoms with van der Waals surface area (Å²) in [5.41, 5.74) is 0.341. The van der Waals surface area contributed by atoms with Crippen LogP contribution in [0.5, 0.6) is 17.2 Å². The minimum atomic E-state index is -4.34. The van der Waals surface area contributed by atoms with Crippen LogP contribution in [0.1, 0.15) is 11.6 Å². The lowest BCUT2D eigenvalue weighted by molar-refractivity contribution is -0.139. The van der Waals surface area contributed by atoms with Gasteiger partial charge in [-0.15, -0.1) is 0 Å². The van der Waals surface area contributed by atoms with Gasteiger partial charge in [0.25, 0.3) is 0 Å². The van der Waals surface area contributed by atoms with Crippen LogP contribution in [0.2, 0.25) is 0 Å². The summed E-state index contributed by atoms with van der Waals surface area (Å²) < 4.78 is 28.5. The van der Waals surface area contributed by atoms with Crippen molar-refractivity contribution in [3.05, 3.63) is 48.0 Å². The molecule has 8 nitrogen and oxygen atoms in total. The van der Waals surface area contributed by atoms with Crippen molar-refractivity contribution in [2.24, 2.45) is 0 Å². The maximum absolute atomic E-state index is 13.0. The van der Waals surface area contributed by atoms with Crippen LogP contribution < -0.4 is 24.6 Å². The second-order valence-corrected chi connectivity index (χ2v) is 7.13. The molecule has 140 valence electrons. The van der Waals surface area contributed by atoms with E-state index < -0.39 is 19.5 Å².